The molecule has 0 spiro atoms. The molecule has 0 radical (unpaired) electrons. The van der Waals surface area contributed by atoms with Gasteiger partial charge in [-0.05, 0) is 37.1 Å². The van der Waals surface area contributed by atoms with Crippen LogP contribution >= 0.6 is 11.6 Å². The van der Waals surface area contributed by atoms with E-state index in [1.807, 2.05) is 4.90 Å². The summed E-state index contributed by atoms with van der Waals surface area (Å²) in [6, 6.07) is 7.17. The predicted octanol–water partition coefficient (Wildman–Crippen LogP) is 2.03. The molecule has 7 heteroatoms. The number of ketones is 1. The Morgan fingerprint density at radius 1 is 1.08 bits per heavy atom. The number of hydrogen-bond donors (Lipinski definition) is 1. The first-order valence-corrected chi connectivity index (χ1v) is 9.14. The first kappa shape index (κ1) is 18.2. The molecule has 0 unspecified atom stereocenters. The molecule has 2 saturated heterocycles. The van der Waals surface area contributed by atoms with Crippen LogP contribution in [-0.2, 0) is 4.74 Å². The average Bonchev–Trinajstić information content (AvgIpc) is 2.63. The smallest absolute Gasteiger partial charge is 0.317 e. The second-order valence-corrected chi connectivity index (χ2v) is 6.97. The molecule has 0 bridgehead atoms. The Balaban J connectivity index is 1.42. The van der Waals surface area contributed by atoms with Gasteiger partial charge in [0.1, 0.15) is 0 Å². The Labute approximate surface area is 153 Å². The highest BCUT2D eigenvalue weighted by Gasteiger charge is 2.25. The van der Waals surface area contributed by atoms with E-state index in [4.69, 9.17) is 16.3 Å². The number of Topliss-reactive ketones (excluding diaryl/α,β-unsaturated/α-hetero) is 1. The van der Waals surface area contributed by atoms with Gasteiger partial charge in [0, 0.05) is 56.0 Å². The molecule has 2 aliphatic rings. The highest BCUT2D eigenvalue weighted by atomic mass is 35.5. The number of urea groups is 1. The minimum Gasteiger partial charge on any atom is -0.381 e. The highest BCUT2D eigenvalue weighted by Crippen LogP contribution is 2.12. The second-order valence-electron chi connectivity index (χ2n) is 6.53. The van der Waals surface area contributed by atoms with Crippen molar-refractivity contribution in [3.8, 4) is 0 Å². The van der Waals surface area contributed by atoms with Crippen LogP contribution in [0.2, 0.25) is 5.02 Å². The largest absolute Gasteiger partial charge is 0.381 e. The van der Waals surface area contributed by atoms with Gasteiger partial charge in [0.15, 0.2) is 5.78 Å². The summed E-state index contributed by atoms with van der Waals surface area (Å²) in [6.07, 6.45) is 1.75. The molecular formula is C18H24ClN3O3. The molecule has 1 aromatic carbocycles. The van der Waals surface area contributed by atoms with Gasteiger partial charge in [-0.1, -0.05) is 11.6 Å². The lowest BCUT2D eigenvalue weighted by Gasteiger charge is -2.35. The van der Waals surface area contributed by atoms with Crippen LogP contribution in [0.25, 0.3) is 0 Å². The first-order valence-electron chi connectivity index (χ1n) is 8.76. The third-order valence-electron chi connectivity index (χ3n) is 4.74. The number of carbonyl (C=O) groups is 2. The summed E-state index contributed by atoms with van der Waals surface area (Å²) in [5.41, 5.74) is 0.670. The summed E-state index contributed by atoms with van der Waals surface area (Å²) < 4.78 is 5.31. The second kappa shape index (κ2) is 8.65. The maximum absolute atomic E-state index is 12.3. The van der Waals surface area contributed by atoms with Crippen LogP contribution in [0.1, 0.15) is 23.2 Å². The van der Waals surface area contributed by atoms with Gasteiger partial charge in [-0.15, -0.1) is 0 Å². The number of piperazine rings is 1. The van der Waals surface area contributed by atoms with Gasteiger partial charge in [0.05, 0.1) is 6.54 Å². The van der Waals surface area contributed by atoms with Crippen molar-refractivity contribution in [1.29, 1.82) is 0 Å². The standard InChI is InChI=1S/C18H24ClN3O3/c19-15-3-1-14(2-4-15)17(23)13-21-7-9-22(10-8-21)18(24)20-16-5-11-25-12-6-16/h1-4,16H,5-13H2,(H,20,24). The van der Waals surface area contributed by atoms with E-state index in [0.717, 1.165) is 12.8 Å². The lowest BCUT2D eigenvalue weighted by molar-refractivity contribution is 0.0752. The minimum absolute atomic E-state index is 0.00409. The fourth-order valence-corrected chi connectivity index (χ4v) is 3.27. The van der Waals surface area contributed by atoms with E-state index in [1.54, 1.807) is 24.3 Å². The van der Waals surface area contributed by atoms with Crippen molar-refractivity contribution in [3.63, 3.8) is 0 Å². The van der Waals surface area contributed by atoms with E-state index in [0.29, 0.717) is 56.5 Å². The van der Waals surface area contributed by atoms with E-state index >= 15 is 0 Å². The van der Waals surface area contributed by atoms with Crippen molar-refractivity contribution in [1.82, 2.24) is 15.1 Å². The fraction of sp³-hybridized carbons (Fsp3) is 0.556. The summed E-state index contributed by atoms with van der Waals surface area (Å²) in [4.78, 5) is 28.6. The molecule has 2 heterocycles. The third kappa shape index (κ3) is 5.17. The van der Waals surface area contributed by atoms with Crippen molar-refractivity contribution >= 4 is 23.4 Å². The van der Waals surface area contributed by atoms with E-state index in [9.17, 15) is 9.59 Å². The summed E-state index contributed by atoms with van der Waals surface area (Å²) >= 11 is 5.85. The fourth-order valence-electron chi connectivity index (χ4n) is 3.15. The maximum Gasteiger partial charge on any atom is 0.317 e. The molecular weight excluding hydrogens is 342 g/mol. The first-order chi connectivity index (χ1) is 12.1. The number of rotatable bonds is 4. The predicted molar refractivity (Wildman–Crippen MR) is 96.2 cm³/mol. The normalized spacial score (nSPS) is 19.6. The highest BCUT2D eigenvalue weighted by molar-refractivity contribution is 6.30. The molecule has 0 aromatic heterocycles. The molecule has 3 rings (SSSR count). The summed E-state index contributed by atoms with van der Waals surface area (Å²) in [7, 11) is 0. The number of nitrogens with one attached hydrogen (secondary N) is 1. The van der Waals surface area contributed by atoms with Gasteiger partial charge in [-0.25, -0.2) is 4.79 Å². The van der Waals surface area contributed by atoms with Gasteiger partial charge in [0.25, 0.3) is 0 Å². The van der Waals surface area contributed by atoms with Crippen molar-refractivity contribution < 1.29 is 14.3 Å². The Kier molecular flexibility index (Phi) is 6.29. The SMILES string of the molecule is O=C(CN1CCN(C(=O)NC2CCOCC2)CC1)c1ccc(Cl)cc1. The summed E-state index contributed by atoms with van der Waals surface area (Å²) in [5, 5.41) is 3.71. The number of benzene rings is 1. The van der Waals surface area contributed by atoms with Crippen molar-refractivity contribution in [2.24, 2.45) is 0 Å². The molecule has 1 aromatic rings. The van der Waals surface area contributed by atoms with Crippen LogP contribution in [-0.4, -0.2) is 73.6 Å². The number of ether oxygens (including phenoxy) is 1. The number of nitrogens with zero attached hydrogens (tertiary/aromatic N) is 2. The molecule has 2 fully saturated rings. The quantitative estimate of drug-likeness (QED) is 0.829. The molecule has 2 amide bonds. The average molecular weight is 366 g/mol. The summed E-state index contributed by atoms with van der Waals surface area (Å²) in [5.74, 6) is 0.0803. The zero-order valence-electron chi connectivity index (χ0n) is 14.2. The number of halogens is 1. The number of carbonyl (C=O) groups excluding carboxylic acids is 2. The van der Waals surface area contributed by atoms with E-state index in [1.165, 1.54) is 0 Å². The van der Waals surface area contributed by atoms with Crippen LogP contribution in [0.3, 0.4) is 0 Å². The van der Waals surface area contributed by atoms with Crippen molar-refractivity contribution in [2.45, 2.75) is 18.9 Å². The molecule has 1 N–H and O–H groups in total. The van der Waals surface area contributed by atoms with Gasteiger partial charge >= 0.3 is 6.03 Å². The van der Waals surface area contributed by atoms with Crippen LogP contribution in [0.4, 0.5) is 4.79 Å². The van der Waals surface area contributed by atoms with Crippen molar-refractivity contribution in [2.75, 3.05) is 45.9 Å². The monoisotopic (exact) mass is 365 g/mol. The maximum atomic E-state index is 12.3. The van der Waals surface area contributed by atoms with Crippen LogP contribution in [0.5, 0.6) is 0 Å². The molecule has 2 aliphatic heterocycles. The molecule has 0 aliphatic carbocycles. The van der Waals surface area contributed by atoms with E-state index < -0.39 is 0 Å². The topological polar surface area (TPSA) is 61.9 Å². The van der Waals surface area contributed by atoms with Crippen LogP contribution in [0, 0.1) is 0 Å². The Hall–Kier alpha value is -1.63. The van der Waals surface area contributed by atoms with Gasteiger partial charge in [-0.2, -0.15) is 0 Å². The minimum atomic E-state index is -0.00409. The number of hydrogen-bond acceptors (Lipinski definition) is 4. The molecule has 0 saturated carbocycles. The third-order valence-corrected chi connectivity index (χ3v) is 4.99. The molecule has 25 heavy (non-hydrogen) atoms. The lowest BCUT2D eigenvalue weighted by Crippen LogP contribution is -2.54. The van der Waals surface area contributed by atoms with Crippen LogP contribution in [0.15, 0.2) is 24.3 Å². The van der Waals surface area contributed by atoms with E-state index in [2.05, 4.69) is 10.2 Å². The van der Waals surface area contributed by atoms with Crippen molar-refractivity contribution in [3.05, 3.63) is 34.9 Å². The van der Waals surface area contributed by atoms with Gasteiger partial charge < -0.3 is 15.0 Å². The Bertz CT molecular complexity index is 594. The molecule has 136 valence electrons. The Morgan fingerprint density at radius 2 is 1.72 bits per heavy atom. The zero-order chi connectivity index (χ0) is 17.6. The molecule has 0 atom stereocenters. The van der Waals surface area contributed by atoms with Crippen LogP contribution < -0.4 is 5.32 Å². The van der Waals surface area contributed by atoms with Gasteiger partial charge in [-0.3, -0.25) is 9.69 Å². The number of amides is 2. The molecule has 6 nitrogen and oxygen atoms in total. The zero-order valence-corrected chi connectivity index (χ0v) is 15.0. The Morgan fingerprint density at radius 3 is 2.36 bits per heavy atom. The summed E-state index contributed by atoms with van der Waals surface area (Å²) in [6.45, 7) is 4.50. The van der Waals surface area contributed by atoms with Gasteiger partial charge in [0.2, 0.25) is 0 Å². The lowest BCUT2D eigenvalue weighted by atomic mass is 10.1. The van der Waals surface area contributed by atoms with E-state index in [-0.39, 0.29) is 17.9 Å².